The topological polar surface area (TPSA) is 17.1 Å². The van der Waals surface area contributed by atoms with Crippen LogP contribution in [0.25, 0.3) is 0 Å². The smallest absolute Gasteiger partial charge is 0.194 e. The number of rotatable bonds is 1. The molecule has 0 radical (unpaired) electrons. The van der Waals surface area contributed by atoms with Crippen LogP contribution in [0.5, 0.6) is 0 Å². The number of thioether (sulfide) groups is 1. The van der Waals surface area contributed by atoms with E-state index >= 15 is 0 Å². The second-order valence-corrected chi connectivity index (χ2v) is 8.12. The van der Waals surface area contributed by atoms with Crippen molar-refractivity contribution < 1.29 is 4.79 Å². The standard InChI is InChI=1S/C18H18OS2/c19-18-15-3-1-13(12-5-8-20-9-6-12)11-14(15)2-4-17-16(18)7-10-21-17/h1,3,7,10-12H,2,4-6,8-9H2. The SMILES string of the molecule is O=C1c2ccc(C3CCSCC3)cc2CCc2sccc21. The first-order valence-electron chi connectivity index (χ1n) is 7.64. The van der Waals surface area contributed by atoms with Gasteiger partial charge in [0.15, 0.2) is 5.78 Å². The molecule has 1 nitrogen and oxygen atoms in total. The Balaban J connectivity index is 1.71. The highest BCUT2D eigenvalue weighted by atomic mass is 32.2. The predicted octanol–water partition coefficient (Wildman–Crippen LogP) is 4.69. The lowest BCUT2D eigenvalue weighted by Crippen LogP contribution is -2.10. The Hall–Kier alpha value is -1.06. The van der Waals surface area contributed by atoms with Crippen molar-refractivity contribution in [3.63, 3.8) is 0 Å². The van der Waals surface area contributed by atoms with Crippen LogP contribution in [-0.2, 0) is 12.8 Å². The van der Waals surface area contributed by atoms with Gasteiger partial charge in [0.2, 0.25) is 0 Å². The summed E-state index contributed by atoms with van der Waals surface area (Å²) in [6, 6.07) is 8.60. The average Bonchev–Trinajstić information content (AvgIpc) is 2.97. The first kappa shape index (κ1) is 13.6. The van der Waals surface area contributed by atoms with Crippen LogP contribution in [0.1, 0.15) is 50.7 Å². The van der Waals surface area contributed by atoms with Crippen LogP contribution < -0.4 is 0 Å². The van der Waals surface area contributed by atoms with Crippen LogP contribution in [0.2, 0.25) is 0 Å². The van der Waals surface area contributed by atoms with Crippen molar-refractivity contribution in [1.29, 1.82) is 0 Å². The second kappa shape index (κ2) is 5.62. The Morgan fingerprint density at radius 1 is 1.00 bits per heavy atom. The third-order valence-electron chi connectivity index (χ3n) is 4.68. The van der Waals surface area contributed by atoms with Crippen LogP contribution in [0.3, 0.4) is 0 Å². The summed E-state index contributed by atoms with van der Waals surface area (Å²) in [5.74, 6) is 3.48. The molecule has 3 heteroatoms. The van der Waals surface area contributed by atoms with E-state index in [0.29, 0.717) is 5.92 Å². The number of hydrogen-bond donors (Lipinski definition) is 0. The highest BCUT2D eigenvalue weighted by Gasteiger charge is 2.23. The largest absolute Gasteiger partial charge is 0.289 e. The maximum Gasteiger partial charge on any atom is 0.194 e. The number of carbonyl (C=O) groups is 1. The molecular formula is C18H18OS2. The summed E-state index contributed by atoms with van der Waals surface area (Å²) in [6.45, 7) is 0. The maximum absolute atomic E-state index is 12.7. The van der Waals surface area contributed by atoms with Crippen molar-refractivity contribution in [2.75, 3.05) is 11.5 Å². The number of thiophene rings is 1. The Morgan fingerprint density at radius 2 is 1.86 bits per heavy atom. The summed E-state index contributed by atoms with van der Waals surface area (Å²) in [5, 5.41) is 2.04. The highest BCUT2D eigenvalue weighted by Crippen LogP contribution is 2.34. The molecule has 0 N–H and O–H groups in total. The number of benzene rings is 1. The molecule has 1 aliphatic heterocycles. The van der Waals surface area contributed by atoms with Gasteiger partial charge in [-0.1, -0.05) is 18.2 Å². The lowest BCUT2D eigenvalue weighted by atomic mass is 9.89. The van der Waals surface area contributed by atoms with Gasteiger partial charge in [0.05, 0.1) is 0 Å². The number of carbonyl (C=O) groups excluding carboxylic acids is 1. The monoisotopic (exact) mass is 314 g/mol. The zero-order valence-electron chi connectivity index (χ0n) is 11.9. The molecule has 1 fully saturated rings. The van der Waals surface area contributed by atoms with Crippen LogP contribution in [-0.4, -0.2) is 17.3 Å². The molecule has 0 unspecified atom stereocenters. The van der Waals surface area contributed by atoms with Gasteiger partial charge in [0.1, 0.15) is 0 Å². The molecule has 2 heterocycles. The minimum Gasteiger partial charge on any atom is -0.289 e. The maximum atomic E-state index is 12.7. The molecule has 21 heavy (non-hydrogen) atoms. The van der Waals surface area contributed by atoms with E-state index in [1.54, 1.807) is 11.3 Å². The Kier molecular flexibility index (Phi) is 3.64. The quantitative estimate of drug-likeness (QED) is 0.759. The molecule has 0 amide bonds. The number of hydrogen-bond acceptors (Lipinski definition) is 3. The van der Waals surface area contributed by atoms with Crippen molar-refractivity contribution in [2.45, 2.75) is 31.6 Å². The van der Waals surface area contributed by atoms with Gasteiger partial charge in [-0.25, -0.2) is 0 Å². The van der Waals surface area contributed by atoms with E-state index in [9.17, 15) is 4.79 Å². The first-order valence-corrected chi connectivity index (χ1v) is 9.68. The zero-order chi connectivity index (χ0) is 14.2. The van der Waals surface area contributed by atoms with Crippen LogP contribution in [0.15, 0.2) is 29.6 Å². The van der Waals surface area contributed by atoms with E-state index in [2.05, 4.69) is 30.0 Å². The molecule has 2 aliphatic rings. The van der Waals surface area contributed by atoms with Gasteiger partial charge in [-0.05, 0) is 65.7 Å². The lowest BCUT2D eigenvalue weighted by Gasteiger charge is -2.22. The van der Waals surface area contributed by atoms with Gasteiger partial charge in [-0.3, -0.25) is 4.79 Å². The molecule has 0 spiro atoms. The highest BCUT2D eigenvalue weighted by molar-refractivity contribution is 7.99. The molecular weight excluding hydrogens is 296 g/mol. The fourth-order valence-electron chi connectivity index (χ4n) is 3.46. The van der Waals surface area contributed by atoms with Gasteiger partial charge in [-0.2, -0.15) is 11.8 Å². The van der Waals surface area contributed by atoms with Crippen molar-refractivity contribution in [2.24, 2.45) is 0 Å². The van der Waals surface area contributed by atoms with E-state index in [1.165, 1.54) is 40.4 Å². The number of fused-ring (bicyclic) bond motifs is 2. The van der Waals surface area contributed by atoms with Gasteiger partial charge >= 0.3 is 0 Å². The van der Waals surface area contributed by atoms with E-state index in [-0.39, 0.29) is 5.78 Å². The van der Waals surface area contributed by atoms with E-state index in [0.717, 1.165) is 24.0 Å². The second-order valence-electron chi connectivity index (χ2n) is 5.89. The van der Waals surface area contributed by atoms with E-state index in [4.69, 9.17) is 0 Å². The average molecular weight is 314 g/mol. The van der Waals surface area contributed by atoms with Crippen molar-refractivity contribution in [3.8, 4) is 0 Å². The van der Waals surface area contributed by atoms with Crippen molar-refractivity contribution in [1.82, 2.24) is 0 Å². The van der Waals surface area contributed by atoms with Gasteiger partial charge in [-0.15, -0.1) is 11.3 Å². The molecule has 1 aromatic carbocycles. The molecule has 2 aromatic rings. The summed E-state index contributed by atoms with van der Waals surface area (Å²) >= 11 is 3.79. The third kappa shape index (κ3) is 2.47. The lowest BCUT2D eigenvalue weighted by molar-refractivity contribution is 0.103. The fourth-order valence-corrected chi connectivity index (χ4v) is 5.44. The molecule has 108 valence electrons. The normalized spacial score (nSPS) is 19.0. The summed E-state index contributed by atoms with van der Waals surface area (Å²) in [5.41, 5.74) is 4.58. The van der Waals surface area contributed by atoms with E-state index < -0.39 is 0 Å². The third-order valence-corrected chi connectivity index (χ3v) is 6.71. The summed E-state index contributed by atoms with van der Waals surface area (Å²) in [4.78, 5) is 13.9. The minimum absolute atomic E-state index is 0.226. The number of aryl methyl sites for hydroxylation is 2. The molecule has 0 bridgehead atoms. The minimum atomic E-state index is 0.226. The molecule has 1 aromatic heterocycles. The Labute approximate surface area is 133 Å². The van der Waals surface area contributed by atoms with Crippen LogP contribution in [0, 0.1) is 0 Å². The van der Waals surface area contributed by atoms with Crippen LogP contribution >= 0.6 is 23.1 Å². The van der Waals surface area contributed by atoms with Gasteiger partial charge < -0.3 is 0 Å². The zero-order valence-corrected chi connectivity index (χ0v) is 13.6. The Bertz CT molecular complexity index is 680. The summed E-state index contributed by atoms with van der Waals surface area (Å²) < 4.78 is 0. The Morgan fingerprint density at radius 3 is 2.71 bits per heavy atom. The van der Waals surface area contributed by atoms with Crippen molar-refractivity contribution in [3.05, 3.63) is 56.8 Å². The first-order chi connectivity index (χ1) is 10.3. The molecule has 4 rings (SSSR count). The summed E-state index contributed by atoms with van der Waals surface area (Å²) in [7, 11) is 0. The number of ketones is 1. The molecule has 1 aliphatic carbocycles. The molecule has 0 atom stereocenters. The van der Waals surface area contributed by atoms with Crippen LogP contribution in [0.4, 0.5) is 0 Å². The fraction of sp³-hybridized carbons (Fsp3) is 0.389. The van der Waals surface area contributed by atoms with Gasteiger partial charge in [0, 0.05) is 16.0 Å². The van der Waals surface area contributed by atoms with Gasteiger partial charge in [0.25, 0.3) is 0 Å². The van der Waals surface area contributed by atoms with E-state index in [1.807, 2.05) is 11.4 Å². The summed E-state index contributed by atoms with van der Waals surface area (Å²) in [6.07, 6.45) is 4.58. The molecule has 1 saturated heterocycles. The van der Waals surface area contributed by atoms with Crippen molar-refractivity contribution >= 4 is 28.9 Å². The molecule has 0 saturated carbocycles. The predicted molar refractivity (Wildman–Crippen MR) is 90.9 cm³/mol.